The average molecular weight is 267 g/mol. The molecule has 1 aliphatic heterocycles. The number of likely N-dealkylation sites (tertiary alicyclic amines) is 1. The predicted molar refractivity (Wildman–Crippen MR) is 73.3 cm³/mol. The van der Waals surface area contributed by atoms with Crippen molar-refractivity contribution < 1.29 is 9.59 Å². The maximum Gasteiger partial charge on any atom is 0.241 e. The van der Waals surface area contributed by atoms with Crippen molar-refractivity contribution in [1.82, 2.24) is 10.2 Å². The Kier molecular flexibility index (Phi) is 4.13. The number of nitrogens with zero attached hydrogens (tertiary/aromatic N) is 1. The smallest absolute Gasteiger partial charge is 0.241 e. The Morgan fingerprint density at radius 1 is 1.32 bits per heavy atom. The second-order valence-electron chi connectivity index (χ2n) is 6.41. The normalized spacial score (nSPS) is 22.4. The Hall–Kier alpha value is -1.10. The largest absolute Gasteiger partial charge is 0.346 e. The van der Waals surface area contributed by atoms with Gasteiger partial charge in [-0.3, -0.25) is 9.59 Å². The minimum absolute atomic E-state index is 0.0214. The van der Waals surface area contributed by atoms with Gasteiger partial charge in [-0.1, -0.05) is 20.3 Å². The average Bonchev–Trinajstić information content (AvgIpc) is 2.79. The van der Waals surface area contributed by atoms with E-state index in [9.17, 15) is 9.59 Å². The molecule has 1 aliphatic carbocycles. The molecule has 2 aliphatic rings. The van der Waals surface area contributed by atoms with Gasteiger partial charge in [-0.05, 0) is 30.6 Å². The lowest BCUT2D eigenvalue weighted by atomic mass is 9.68. The van der Waals surface area contributed by atoms with Crippen molar-refractivity contribution in [1.29, 1.82) is 0 Å². The predicted octanol–water partition coefficient (Wildman–Crippen LogP) is 0.489. The highest BCUT2D eigenvalue weighted by atomic mass is 16.2. The van der Waals surface area contributed by atoms with Crippen LogP contribution in [0.5, 0.6) is 0 Å². The summed E-state index contributed by atoms with van der Waals surface area (Å²) in [5.74, 6) is -0.130. The first-order valence-corrected chi connectivity index (χ1v) is 7.25. The molecule has 1 atom stereocenters. The van der Waals surface area contributed by atoms with E-state index in [0.29, 0.717) is 5.41 Å². The van der Waals surface area contributed by atoms with Crippen molar-refractivity contribution in [2.45, 2.75) is 45.6 Å². The third kappa shape index (κ3) is 3.08. The van der Waals surface area contributed by atoms with E-state index in [-0.39, 0.29) is 24.3 Å². The van der Waals surface area contributed by atoms with E-state index in [1.165, 1.54) is 19.3 Å². The molecule has 0 radical (unpaired) electrons. The highest BCUT2D eigenvalue weighted by Gasteiger charge is 2.43. The van der Waals surface area contributed by atoms with Crippen molar-refractivity contribution >= 4 is 11.8 Å². The molecule has 1 saturated carbocycles. The molecule has 0 bridgehead atoms. The van der Waals surface area contributed by atoms with Crippen LogP contribution in [0.1, 0.15) is 39.5 Å². The highest BCUT2D eigenvalue weighted by Crippen LogP contribution is 2.47. The summed E-state index contributed by atoms with van der Waals surface area (Å²) in [5.41, 5.74) is 6.15. The van der Waals surface area contributed by atoms with Crippen LogP contribution in [-0.4, -0.2) is 42.4 Å². The molecule has 0 aromatic rings. The van der Waals surface area contributed by atoms with Gasteiger partial charge in [0, 0.05) is 13.1 Å². The van der Waals surface area contributed by atoms with Crippen LogP contribution in [0.25, 0.3) is 0 Å². The summed E-state index contributed by atoms with van der Waals surface area (Å²) in [6, 6.07) is -0.538. The molecule has 0 unspecified atom stereocenters. The number of rotatable bonds is 4. The Balaban J connectivity index is 1.74. The van der Waals surface area contributed by atoms with Crippen LogP contribution >= 0.6 is 0 Å². The Morgan fingerprint density at radius 3 is 2.47 bits per heavy atom. The summed E-state index contributed by atoms with van der Waals surface area (Å²) in [4.78, 5) is 25.6. The van der Waals surface area contributed by atoms with E-state index in [2.05, 4.69) is 5.32 Å². The van der Waals surface area contributed by atoms with E-state index in [1.54, 1.807) is 0 Å². The lowest BCUT2D eigenvalue weighted by Gasteiger charge is -2.37. The molecule has 1 spiro atoms. The second kappa shape index (κ2) is 5.49. The van der Waals surface area contributed by atoms with Gasteiger partial charge in [-0.25, -0.2) is 0 Å². The number of nitrogens with one attached hydrogen (secondary N) is 1. The minimum atomic E-state index is -0.538. The topological polar surface area (TPSA) is 75.4 Å². The molecule has 5 heteroatoms. The van der Waals surface area contributed by atoms with E-state index in [1.807, 2.05) is 18.7 Å². The first-order valence-electron chi connectivity index (χ1n) is 7.25. The van der Waals surface area contributed by atoms with E-state index >= 15 is 0 Å². The molecular weight excluding hydrogens is 242 g/mol. The van der Waals surface area contributed by atoms with E-state index < -0.39 is 6.04 Å². The maximum absolute atomic E-state index is 12.0. The molecule has 2 fully saturated rings. The van der Waals surface area contributed by atoms with Crippen LogP contribution in [0.3, 0.4) is 0 Å². The molecule has 19 heavy (non-hydrogen) atoms. The molecule has 5 nitrogen and oxygen atoms in total. The lowest BCUT2D eigenvalue weighted by molar-refractivity contribution is -0.133. The first-order chi connectivity index (χ1) is 8.93. The fourth-order valence-electron chi connectivity index (χ4n) is 2.93. The van der Waals surface area contributed by atoms with Crippen molar-refractivity contribution in [2.75, 3.05) is 19.6 Å². The summed E-state index contributed by atoms with van der Waals surface area (Å²) in [6.07, 6.45) is 4.92. The van der Waals surface area contributed by atoms with Gasteiger partial charge in [-0.15, -0.1) is 0 Å². The maximum atomic E-state index is 12.0. The van der Waals surface area contributed by atoms with Crippen LogP contribution in [0.2, 0.25) is 0 Å². The fraction of sp³-hybridized carbons (Fsp3) is 0.857. The molecule has 108 valence electrons. The summed E-state index contributed by atoms with van der Waals surface area (Å²) >= 11 is 0. The zero-order valence-electron chi connectivity index (χ0n) is 11.9. The van der Waals surface area contributed by atoms with Crippen LogP contribution in [0, 0.1) is 11.3 Å². The summed E-state index contributed by atoms with van der Waals surface area (Å²) < 4.78 is 0. The number of hydrogen-bond donors (Lipinski definition) is 2. The standard InChI is InChI=1S/C14H25N3O2/c1-10(2)12(15)13(19)16-8-11(18)17-7-6-14(9-17)4-3-5-14/h10,12H,3-9,15H2,1-2H3,(H,16,19)/t12-/m0/s1. The van der Waals surface area contributed by atoms with E-state index in [0.717, 1.165) is 19.5 Å². The zero-order chi connectivity index (χ0) is 14.0. The van der Waals surface area contributed by atoms with Gasteiger partial charge in [0.15, 0.2) is 0 Å². The third-order valence-electron chi connectivity index (χ3n) is 4.64. The lowest BCUT2D eigenvalue weighted by Crippen LogP contribution is -2.48. The molecular formula is C14H25N3O2. The summed E-state index contributed by atoms with van der Waals surface area (Å²) in [5, 5.41) is 2.65. The van der Waals surface area contributed by atoms with Crippen LogP contribution in [-0.2, 0) is 9.59 Å². The molecule has 1 saturated heterocycles. The first kappa shape index (κ1) is 14.3. The number of amides is 2. The molecule has 2 amide bonds. The van der Waals surface area contributed by atoms with Crippen LogP contribution in [0.15, 0.2) is 0 Å². The highest BCUT2D eigenvalue weighted by molar-refractivity contribution is 5.87. The number of carbonyl (C=O) groups is 2. The number of carbonyl (C=O) groups excluding carboxylic acids is 2. The Labute approximate surface area is 114 Å². The van der Waals surface area contributed by atoms with Gasteiger partial charge in [-0.2, -0.15) is 0 Å². The monoisotopic (exact) mass is 267 g/mol. The van der Waals surface area contributed by atoms with Crippen molar-refractivity contribution in [3.05, 3.63) is 0 Å². The molecule has 1 heterocycles. The van der Waals surface area contributed by atoms with Crippen LogP contribution < -0.4 is 11.1 Å². The van der Waals surface area contributed by atoms with Gasteiger partial charge in [0.2, 0.25) is 11.8 Å². The summed E-state index contributed by atoms with van der Waals surface area (Å²) in [7, 11) is 0. The van der Waals surface area contributed by atoms with Gasteiger partial charge >= 0.3 is 0 Å². The quantitative estimate of drug-likeness (QED) is 0.778. The van der Waals surface area contributed by atoms with Gasteiger partial charge in [0.1, 0.15) is 0 Å². The van der Waals surface area contributed by atoms with Gasteiger partial charge in [0.05, 0.1) is 12.6 Å². The van der Waals surface area contributed by atoms with Gasteiger partial charge in [0.25, 0.3) is 0 Å². The van der Waals surface area contributed by atoms with Crippen molar-refractivity contribution in [3.63, 3.8) is 0 Å². The third-order valence-corrected chi connectivity index (χ3v) is 4.64. The number of nitrogens with two attached hydrogens (primary N) is 1. The molecule has 0 aromatic heterocycles. The molecule has 2 rings (SSSR count). The minimum Gasteiger partial charge on any atom is -0.346 e. The Bertz CT molecular complexity index is 364. The Morgan fingerprint density at radius 2 is 2.00 bits per heavy atom. The van der Waals surface area contributed by atoms with Crippen molar-refractivity contribution in [3.8, 4) is 0 Å². The van der Waals surface area contributed by atoms with Crippen molar-refractivity contribution in [2.24, 2.45) is 17.1 Å². The second-order valence-corrected chi connectivity index (χ2v) is 6.41. The van der Waals surface area contributed by atoms with Gasteiger partial charge < -0.3 is 16.0 Å². The van der Waals surface area contributed by atoms with Crippen LogP contribution in [0.4, 0.5) is 0 Å². The molecule has 3 N–H and O–H groups in total. The fourth-order valence-corrected chi connectivity index (χ4v) is 2.93. The SMILES string of the molecule is CC(C)[C@H](N)C(=O)NCC(=O)N1CCC2(CCC2)C1. The zero-order valence-corrected chi connectivity index (χ0v) is 11.9. The summed E-state index contributed by atoms with van der Waals surface area (Å²) in [6.45, 7) is 5.58. The number of hydrogen-bond acceptors (Lipinski definition) is 3. The van der Waals surface area contributed by atoms with E-state index in [4.69, 9.17) is 5.73 Å². The molecule has 0 aromatic carbocycles.